The van der Waals surface area contributed by atoms with Gasteiger partial charge in [0.15, 0.2) is 11.4 Å². The van der Waals surface area contributed by atoms with Gasteiger partial charge in [-0.2, -0.15) is 9.13 Å². The van der Waals surface area contributed by atoms with Gasteiger partial charge in [-0.05, 0) is 37.8 Å². The maximum absolute atomic E-state index is 6.21. The number of nitrogens with zero attached hydrogens (tertiary/aromatic N) is 2. The molecule has 0 saturated carbocycles. The van der Waals surface area contributed by atoms with E-state index in [0.29, 0.717) is 0 Å². The van der Waals surface area contributed by atoms with E-state index in [1.54, 1.807) is 0 Å². The van der Waals surface area contributed by atoms with Crippen molar-refractivity contribution in [3.63, 3.8) is 0 Å². The Kier molecular flexibility index (Phi) is 7.79. The predicted molar refractivity (Wildman–Crippen MR) is 143 cm³/mol. The van der Waals surface area contributed by atoms with E-state index in [0.717, 1.165) is 48.1 Å². The molecule has 0 radical (unpaired) electrons. The van der Waals surface area contributed by atoms with Crippen molar-refractivity contribution >= 4 is 33.2 Å². The van der Waals surface area contributed by atoms with Crippen LogP contribution in [0.5, 0.6) is 0 Å². The Balaban J connectivity index is 1.19. The highest BCUT2D eigenvalue weighted by molar-refractivity contribution is 5.88. The number of para-hydroxylation sites is 2. The molecule has 176 valence electrons. The van der Waals surface area contributed by atoms with Crippen LogP contribution in [-0.4, -0.2) is 0 Å². The first-order valence-corrected chi connectivity index (χ1v) is 12.6. The van der Waals surface area contributed by atoms with Gasteiger partial charge in [-0.25, -0.2) is 0 Å². The number of pyridine rings is 2. The average Bonchev–Trinajstić information content (AvgIpc) is 2.83. The van der Waals surface area contributed by atoms with Crippen molar-refractivity contribution in [2.24, 2.45) is 0 Å². The Bertz CT molecular complexity index is 1210. The maximum Gasteiger partial charge on any atom is 0.214 e. The van der Waals surface area contributed by atoms with E-state index in [1.807, 2.05) is 0 Å². The molecule has 4 rings (SSSR count). The second-order valence-corrected chi connectivity index (χ2v) is 9.28. The Labute approximate surface area is 203 Å². The van der Waals surface area contributed by atoms with Crippen molar-refractivity contribution in [1.82, 2.24) is 0 Å². The molecule has 0 fully saturated rings. The molecule has 2 aromatic heterocycles. The molecular formula is C30H38N4+2. The van der Waals surface area contributed by atoms with Gasteiger partial charge in [-0.3, -0.25) is 0 Å². The van der Waals surface area contributed by atoms with E-state index in [9.17, 15) is 0 Å². The zero-order valence-corrected chi connectivity index (χ0v) is 20.6. The summed E-state index contributed by atoms with van der Waals surface area (Å²) in [5.41, 5.74) is 19.1. The molecule has 0 saturated heterocycles. The Morgan fingerprint density at radius 2 is 1.03 bits per heavy atom. The molecule has 4 nitrogen and oxygen atoms in total. The average molecular weight is 455 g/mol. The number of allylic oxidation sites excluding steroid dienone is 2. The van der Waals surface area contributed by atoms with Gasteiger partial charge < -0.3 is 11.5 Å². The van der Waals surface area contributed by atoms with Gasteiger partial charge in [-0.1, -0.05) is 36.4 Å². The van der Waals surface area contributed by atoms with Gasteiger partial charge in [0.05, 0.1) is 22.1 Å². The van der Waals surface area contributed by atoms with Gasteiger partial charge in [0, 0.05) is 51.0 Å². The first-order chi connectivity index (χ1) is 16.6. The van der Waals surface area contributed by atoms with E-state index >= 15 is 0 Å². The van der Waals surface area contributed by atoms with Crippen LogP contribution in [0.1, 0.15) is 49.9 Å². The molecule has 0 unspecified atom stereocenters. The number of anilines is 2. The van der Waals surface area contributed by atoms with Crippen LogP contribution in [0, 0.1) is 13.8 Å². The molecule has 2 heterocycles. The molecule has 0 atom stereocenters. The molecule has 0 spiro atoms. The normalized spacial score (nSPS) is 11.7. The van der Waals surface area contributed by atoms with E-state index in [1.165, 1.54) is 48.1 Å². The number of fused-ring (bicyclic) bond motifs is 2. The van der Waals surface area contributed by atoms with Gasteiger partial charge in [0.25, 0.3) is 0 Å². The van der Waals surface area contributed by atoms with E-state index in [2.05, 4.69) is 95.8 Å². The third kappa shape index (κ3) is 5.39. The fraction of sp³-hybridized carbons (Fsp3) is 0.333. The van der Waals surface area contributed by atoms with Crippen molar-refractivity contribution in [3.8, 4) is 0 Å². The van der Waals surface area contributed by atoms with Crippen LogP contribution in [0.4, 0.5) is 11.4 Å². The van der Waals surface area contributed by atoms with Gasteiger partial charge >= 0.3 is 0 Å². The lowest BCUT2D eigenvalue weighted by atomic mass is 10.1. The lowest BCUT2D eigenvalue weighted by Crippen LogP contribution is -2.38. The summed E-state index contributed by atoms with van der Waals surface area (Å²) in [5, 5.41) is 2.29. The number of aromatic nitrogens is 2. The summed E-state index contributed by atoms with van der Waals surface area (Å²) < 4.78 is 4.80. The van der Waals surface area contributed by atoms with Gasteiger partial charge in [-0.15, -0.1) is 0 Å². The molecule has 4 N–H and O–H groups in total. The number of unbranched alkanes of at least 4 members (excludes halogenated alkanes) is 4. The summed E-state index contributed by atoms with van der Waals surface area (Å²) in [6.45, 7) is 6.37. The summed E-state index contributed by atoms with van der Waals surface area (Å²) in [5.74, 6) is 0. The van der Waals surface area contributed by atoms with E-state index in [-0.39, 0.29) is 0 Å². The van der Waals surface area contributed by atoms with Crippen molar-refractivity contribution in [3.05, 3.63) is 84.2 Å². The molecule has 34 heavy (non-hydrogen) atoms. The molecule has 0 amide bonds. The molecule has 0 bridgehead atoms. The maximum atomic E-state index is 6.21. The topological polar surface area (TPSA) is 59.8 Å². The summed E-state index contributed by atoms with van der Waals surface area (Å²) in [4.78, 5) is 0. The van der Waals surface area contributed by atoms with E-state index < -0.39 is 0 Å². The minimum absolute atomic E-state index is 0.866. The third-order valence-corrected chi connectivity index (χ3v) is 6.76. The smallest absolute Gasteiger partial charge is 0.214 e. The van der Waals surface area contributed by atoms with Crippen molar-refractivity contribution in [2.45, 2.75) is 65.5 Å². The number of nitrogen functional groups attached to an aromatic ring is 2. The van der Waals surface area contributed by atoms with Gasteiger partial charge in [0.2, 0.25) is 11.0 Å². The number of hydrogen-bond donors (Lipinski definition) is 2. The zero-order chi connectivity index (χ0) is 23.9. The molecule has 4 aromatic rings. The Hall–Kier alpha value is -3.40. The molecule has 0 aliphatic heterocycles. The van der Waals surface area contributed by atoms with Gasteiger partial charge in [0.1, 0.15) is 13.1 Å². The third-order valence-electron chi connectivity index (χ3n) is 6.76. The van der Waals surface area contributed by atoms with Crippen LogP contribution in [0.3, 0.4) is 0 Å². The molecule has 0 aliphatic carbocycles. The van der Waals surface area contributed by atoms with Crippen molar-refractivity contribution < 1.29 is 9.13 Å². The van der Waals surface area contributed by atoms with Crippen LogP contribution in [0.2, 0.25) is 0 Å². The largest absolute Gasteiger partial charge is 0.398 e. The number of rotatable bonds is 10. The lowest BCUT2D eigenvalue weighted by Gasteiger charge is -2.07. The fourth-order valence-electron chi connectivity index (χ4n) is 4.94. The molecular weight excluding hydrogens is 416 g/mol. The number of nitrogens with two attached hydrogens (primary N) is 2. The number of aryl methyl sites for hydroxylation is 4. The first kappa shape index (κ1) is 23.7. The summed E-state index contributed by atoms with van der Waals surface area (Å²) in [6.07, 6.45) is 11.7. The highest BCUT2D eigenvalue weighted by atomic mass is 15.0. The summed E-state index contributed by atoms with van der Waals surface area (Å²) >= 11 is 0. The molecule has 2 aromatic carbocycles. The van der Waals surface area contributed by atoms with Crippen molar-refractivity contribution in [2.75, 3.05) is 11.5 Å². The monoisotopic (exact) mass is 454 g/mol. The van der Waals surface area contributed by atoms with Crippen LogP contribution in [0.25, 0.3) is 21.8 Å². The Morgan fingerprint density at radius 1 is 0.618 bits per heavy atom. The van der Waals surface area contributed by atoms with Crippen molar-refractivity contribution in [1.29, 1.82) is 0 Å². The minimum Gasteiger partial charge on any atom is -0.398 e. The van der Waals surface area contributed by atoms with Crippen LogP contribution < -0.4 is 20.6 Å². The lowest BCUT2D eigenvalue weighted by molar-refractivity contribution is -0.678. The predicted octanol–water partition coefficient (Wildman–Crippen LogP) is 5.95. The quantitative estimate of drug-likeness (QED) is 0.177. The highest BCUT2D eigenvalue weighted by Gasteiger charge is 2.15. The summed E-state index contributed by atoms with van der Waals surface area (Å²) in [6, 6.07) is 21.0. The second kappa shape index (κ2) is 11.1. The van der Waals surface area contributed by atoms with Crippen LogP contribution in [0.15, 0.2) is 72.8 Å². The fourth-order valence-corrected chi connectivity index (χ4v) is 4.94. The number of hydrogen-bond acceptors (Lipinski definition) is 2. The molecule has 4 heteroatoms. The first-order valence-electron chi connectivity index (χ1n) is 12.6. The van der Waals surface area contributed by atoms with E-state index in [4.69, 9.17) is 11.5 Å². The SMILES string of the molecule is Cc1cc(N)c2ccccc2[n+]1CCCCC=CCCCC[n+]1c(C)cc(N)c2ccccc21. The second-order valence-electron chi connectivity index (χ2n) is 9.28. The Morgan fingerprint density at radius 3 is 1.47 bits per heavy atom. The standard InChI is InChI=1S/C30H36N4/c1-23-21-27(31)25-15-9-11-17-29(25)33(23)19-13-7-5-3-4-6-8-14-20-34-24(2)22-28(32)26-16-10-12-18-30(26)34/h3-4,9-12,15-18,21-22,31-32H,5-8,13-14,19-20H2,1-2H3/p+2. The zero-order valence-electron chi connectivity index (χ0n) is 20.6. The molecule has 0 aliphatic rings. The minimum atomic E-state index is 0.866. The summed E-state index contributed by atoms with van der Waals surface area (Å²) in [7, 11) is 0. The highest BCUT2D eigenvalue weighted by Crippen LogP contribution is 2.20. The van der Waals surface area contributed by atoms with Crippen LogP contribution in [-0.2, 0) is 13.1 Å². The number of benzene rings is 2. The van der Waals surface area contributed by atoms with Crippen LogP contribution >= 0.6 is 0 Å².